The highest BCUT2D eigenvalue weighted by molar-refractivity contribution is 8.00. The third-order valence-electron chi connectivity index (χ3n) is 5.72. The van der Waals surface area contributed by atoms with E-state index in [9.17, 15) is 28.7 Å². The zero-order chi connectivity index (χ0) is 27.3. The Balaban J connectivity index is 1.76. The number of hydrogen-bond donors (Lipinski definition) is 3. The Morgan fingerprint density at radius 1 is 1.43 bits per heavy atom. The Kier molecular flexibility index (Phi) is 8.82. The highest BCUT2D eigenvalue weighted by atomic mass is 32.2. The highest BCUT2D eigenvalue weighted by Crippen LogP contribution is 2.40. The number of carboxylic acids is 1. The highest BCUT2D eigenvalue weighted by Gasteiger charge is 2.53. The Morgan fingerprint density at radius 3 is 2.73 bits per heavy atom. The summed E-state index contributed by atoms with van der Waals surface area (Å²) in [7, 11) is 1.84. The van der Waals surface area contributed by atoms with Gasteiger partial charge in [-0.05, 0) is 18.6 Å². The molecule has 0 radical (unpaired) electrons. The summed E-state index contributed by atoms with van der Waals surface area (Å²) in [5.41, 5.74) is 10.4. The number of carboxylic acid groups (broad SMARTS) is 1. The maximum atomic E-state index is 12.9. The zero-order valence-electron chi connectivity index (χ0n) is 19.9. The van der Waals surface area contributed by atoms with Gasteiger partial charge in [-0.1, -0.05) is 11.2 Å². The molecule has 2 aliphatic heterocycles. The van der Waals surface area contributed by atoms with Crippen molar-refractivity contribution in [2.75, 3.05) is 45.0 Å². The van der Waals surface area contributed by atoms with Crippen molar-refractivity contribution in [2.45, 2.75) is 18.3 Å². The number of thioether (sulfide) groups is 1. The Hall–Kier alpha value is -3.57. The molecule has 0 aliphatic carbocycles. The topological polar surface area (TPSA) is 206 Å². The number of alkyl halides is 1. The number of halogens is 1. The molecule has 1 aromatic heterocycles. The molecule has 17 heteroatoms. The van der Waals surface area contributed by atoms with Crippen LogP contribution >= 0.6 is 23.3 Å². The van der Waals surface area contributed by atoms with Gasteiger partial charge in [-0.25, -0.2) is 4.39 Å². The van der Waals surface area contributed by atoms with Gasteiger partial charge in [0.1, 0.15) is 11.4 Å². The van der Waals surface area contributed by atoms with Crippen LogP contribution in [0.1, 0.15) is 12.7 Å². The summed E-state index contributed by atoms with van der Waals surface area (Å²) in [4.78, 5) is 58.1. The van der Waals surface area contributed by atoms with E-state index in [0.29, 0.717) is 23.1 Å². The maximum Gasteiger partial charge on any atom is 0.278 e. The molecule has 14 nitrogen and oxygen atoms in total. The van der Waals surface area contributed by atoms with Crippen molar-refractivity contribution in [1.29, 1.82) is 0 Å². The number of nitrogens with zero attached hydrogens (tertiary/aromatic N) is 5. The molecule has 0 spiro atoms. The van der Waals surface area contributed by atoms with Gasteiger partial charge in [-0.15, -0.1) is 11.8 Å². The van der Waals surface area contributed by atoms with E-state index in [0.717, 1.165) is 16.4 Å². The van der Waals surface area contributed by atoms with Gasteiger partial charge >= 0.3 is 0 Å². The molecule has 0 bridgehead atoms. The Morgan fingerprint density at radius 2 is 2.16 bits per heavy atom. The molecule has 200 valence electrons. The third-order valence-corrected chi connectivity index (χ3v) is 7.56. The number of primary amides is 1. The number of rotatable bonds is 12. The third kappa shape index (κ3) is 6.23. The summed E-state index contributed by atoms with van der Waals surface area (Å²) in [5.74, 6) is -3.63. The molecule has 1 saturated heterocycles. The number of oxime groups is 1. The molecule has 3 atom stereocenters. The van der Waals surface area contributed by atoms with Crippen molar-refractivity contribution < 1.29 is 38.0 Å². The van der Waals surface area contributed by atoms with Gasteiger partial charge in [0, 0.05) is 17.3 Å². The standard InChI is InChI=1S/C20H25FN8O6S2/c1-3-29(2,7-11(22)30)6-4-5-10-8-36-18-13(17(32)28(18)14(10)19(33)34)24-16(31)12(26-35-9-21)15-25-20(23)37-27-15/h4-5,13,18H,3,6-9H2,1-2H3,(H5-,22,23,24,25,27,30,31,33,34)/b5-4+,26-12-. The van der Waals surface area contributed by atoms with E-state index in [2.05, 4.69) is 24.7 Å². The fourth-order valence-corrected chi connectivity index (χ4v) is 5.46. The lowest BCUT2D eigenvalue weighted by molar-refractivity contribution is -0.894. The van der Waals surface area contributed by atoms with Crippen LogP contribution in [0.25, 0.3) is 0 Å². The summed E-state index contributed by atoms with van der Waals surface area (Å²) in [6.45, 7) is 1.71. The van der Waals surface area contributed by atoms with Crippen LogP contribution in [0.15, 0.2) is 28.6 Å². The van der Waals surface area contributed by atoms with Gasteiger partial charge < -0.3 is 36.0 Å². The molecule has 0 aromatic carbocycles. The zero-order valence-corrected chi connectivity index (χ0v) is 21.5. The van der Waals surface area contributed by atoms with E-state index in [1.807, 2.05) is 14.0 Å². The average Bonchev–Trinajstić information content (AvgIpc) is 3.27. The van der Waals surface area contributed by atoms with Crippen LogP contribution < -0.4 is 21.9 Å². The lowest BCUT2D eigenvalue weighted by Crippen LogP contribution is -2.71. The molecule has 3 unspecified atom stereocenters. The summed E-state index contributed by atoms with van der Waals surface area (Å²) < 4.78 is 16.6. The number of allylic oxidation sites excluding steroid dienone is 1. The number of β-lactam (4-membered cyclic amide) rings is 1. The maximum absolute atomic E-state index is 12.9. The van der Waals surface area contributed by atoms with Crippen LogP contribution in [0.2, 0.25) is 0 Å². The minimum Gasteiger partial charge on any atom is -0.543 e. The number of anilines is 1. The second kappa shape index (κ2) is 11.7. The number of carbonyl (C=O) groups excluding carboxylic acids is 4. The second-order valence-electron chi connectivity index (χ2n) is 8.30. The quantitative estimate of drug-likeness (QED) is 0.108. The molecule has 3 amide bonds. The molecule has 3 heterocycles. The molecule has 5 N–H and O–H groups in total. The Labute approximate surface area is 218 Å². The number of likely N-dealkylation sites (N-methyl/N-ethyl adjacent to an activating group) is 1. The van der Waals surface area contributed by atoms with Gasteiger partial charge in [-0.2, -0.15) is 9.36 Å². The van der Waals surface area contributed by atoms with Crippen molar-refractivity contribution in [3.63, 3.8) is 0 Å². The number of fused-ring (bicyclic) bond motifs is 1. The summed E-state index contributed by atoms with van der Waals surface area (Å²) in [6, 6.07) is -1.10. The number of aromatic nitrogens is 2. The Bertz CT molecular complexity index is 1190. The van der Waals surface area contributed by atoms with E-state index in [-0.39, 0.29) is 29.0 Å². The van der Waals surface area contributed by atoms with Crippen molar-refractivity contribution in [2.24, 2.45) is 10.9 Å². The van der Waals surface area contributed by atoms with Crippen molar-refractivity contribution >= 4 is 57.8 Å². The predicted octanol–water partition coefficient (Wildman–Crippen LogP) is -2.32. The minimum atomic E-state index is -1.55. The molecule has 37 heavy (non-hydrogen) atoms. The number of hydrogen-bond acceptors (Lipinski definition) is 12. The van der Waals surface area contributed by atoms with Gasteiger partial charge in [0.2, 0.25) is 11.5 Å². The van der Waals surface area contributed by atoms with Crippen LogP contribution in [-0.4, -0.2) is 98.9 Å². The fraction of sp³-hybridized carbons (Fsp3) is 0.450. The van der Waals surface area contributed by atoms with Crippen LogP contribution in [0.4, 0.5) is 9.52 Å². The summed E-state index contributed by atoms with van der Waals surface area (Å²) in [5, 5.41) is 17.1. The number of nitrogens with one attached hydrogen (secondary N) is 1. The monoisotopic (exact) mass is 556 g/mol. The summed E-state index contributed by atoms with van der Waals surface area (Å²) >= 11 is 2.01. The fourth-order valence-electron chi connectivity index (χ4n) is 3.70. The molecule has 2 aliphatic rings. The second-order valence-corrected chi connectivity index (χ2v) is 10.2. The largest absolute Gasteiger partial charge is 0.543 e. The van der Waals surface area contributed by atoms with E-state index in [4.69, 9.17) is 11.5 Å². The summed E-state index contributed by atoms with van der Waals surface area (Å²) in [6.07, 6.45) is 3.30. The van der Waals surface area contributed by atoms with Crippen LogP contribution in [0.5, 0.6) is 0 Å². The van der Waals surface area contributed by atoms with Crippen molar-refractivity contribution in [1.82, 2.24) is 19.6 Å². The molecule has 0 saturated carbocycles. The van der Waals surface area contributed by atoms with Gasteiger partial charge in [-0.3, -0.25) is 19.3 Å². The van der Waals surface area contributed by atoms with Gasteiger partial charge in [0.15, 0.2) is 11.7 Å². The lowest BCUT2D eigenvalue weighted by atomic mass is 10.0. The van der Waals surface area contributed by atoms with E-state index in [1.165, 1.54) is 11.8 Å². The minimum absolute atomic E-state index is 0.0291. The molecular weight excluding hydrogens is 531 g/mol. The lowest BCUT2D eigenvalue weighted by Gasteiger charge is -2.50. The molecule has 1 aromatic rings. The van der Waals surface area contributed by atoms with Crippen molar-refractivity contribution in [3.05, 3.63) is 29.2 Å². The first-order chi connectivity index (χ1) is 17.5. The van der Waals surface area contributed by atoms with Crippen molar-refractivity contribution in [3.8, 4) is 0 Å². The molecule has 1 fully saturated rings. The van der Waals surface area contributed by atoms with Crippen LogP contribution in [0, 0.1) is 0 Å². The molecular formula is C20H25FN8O6S2. The van der Waals surface area contributed by atoms with E-state index in [1.54, 1.807) is 12.2 Å². The normalized spacial score (nSPS) is 21.3. The van der Waals surface area contributed by atoms with Gasteiger partial charge in [0.25, 0.3) is 24.6 Å². The van der Waals surface area contributed by atoms with Crippen LogP contribution in [0.3, 0.4) is 0 Å². The number of nitrogen functional groups attached to an aromatic ring is 1. The first kappa shape index (κ1) is 28.0. The van der Waals surface area contributed by atoms with Gasteiger partial charge in [0.05, 0.1) is 31.8 Å². The SMILES string of the molecule is CC[N+](C)(C/C=C/C1=C(C(=O)[O-])N2C(=O)C(NC(=O)/C(=N\OCF)c3nsc(N)n3)C2SC1)CC(N)=O. The predicted molar refractivity (Wildman–Crippen MR) is 130 cm³/mol. The number of amides is 3. The van der Waals surface area contributed by atoms with Crippen LogP contribution in [-0.2, 0) is 24.0 Å². The van der Waals surface area contributed by atoms with E-state index >= 15 is 0 Å². The number of quaternary nitrogens is 1. The average molecular weight is 557 g/mol. The number of nitrogens with two attached hydrogens (primary N) is 2. The first-order valence-electron chi connectivity index (χ1n) is 10.8. The number of carbonyl (C=O) groups is 4. The molecule has 3 rings (SSSR count). The smallest absolute Gasteiger partial charge is 0.278 e. The number of aliphatic carboxylic acids is 1. The first-order valence-corrected chi connectivity index (χ1v) is 12.7. The van der Waals surface area contributed by atoms with E-state index < -0.39 is 47.7 Å².